The van der Waals surface area contributed by atoms with Gasteiger partial charge in [0.2, 0.25) is 5.95 Å². The number of hydrogen-bond acceptors (Lipinski definition) is 8. The van der Waals surface area contributed by atoms with Crippen molar-refractivity contribution in [3.05, 3.63) is 28.6 Å². The molecule has 0 aromatic carbocycles. The summed E-state index contributed by atoms with van der Waals surface area (Å²) in [5.74, 6) is 3.30. The van der Waals surface area contributed by atoms with Gasteiger partial charge in [-0.3, -0.25) is 4.21 Å². The van der Waals surface area contributed by atoms with E-state index in [9.17, 15) is 9.32 Å². The second-order valence-corrected chi connectivity index (χ2v) is 12.1. The van der Waals surface area contributed by atoms with Crippen molar-refractivity contribution in [1.29, 1.82) is 0 Å². The molecular formula is C23H30ClN5O2S2. The smallest absolute Gasteiger partial charge is 0.227 e. The van der Waals surface area contributed by atoms with Crippen LogP contribution in [0.4, 0.5) is 11.8 Å². The molecule has 1 saturated carbocycles. The number of fused-ring (bicyclic) bond motifs is 1. The number of halogens is 1. The molecule has 4 heterocycles. The maximum Gasteiger partial charge on any atom is 0.227 e. The molecule has 33 heavy (non-hydrogen) atoms. The fourth-order valence-electron chi connectivity index (χ4n) is 4.51. The lowest BCUT2D eigenvalue weighted by atomic mass is 9.98. The van der Waals surface area contributed by atoms with Gasteiger partial charge in [0.15, 0.2) is 0 Å². The first-order valence-electron chi connectivity index (χ1n) is 11.7. The van der Waals surface area contributed by atoms with Crippen LogP contribution in [0.2, 0.25) is 0 Å². The number of piperidine rings is 1. The van der Waals surface area contributed by atoms with Crippen LogP contribution in [0.1, 0.15) is 44.7 Å². The maximum atomic E-state index is 12.6. The molecule has 178 valence electrons. The molecule has 1 atom stereocenters. The van der Waals surface area contributed by atoms with E-state index in [2.05, 4.69) is 17.1 Å². The van der Waals surface area contributed by atoms with Gasteiger partial charge in [0, 0.05) is 42.0 Å². The summed E-state index contributed by atoms with van der Waals surface area (Å²) in [5, 5.41) is 15.1. The average Bonchev–Trinajstić information content (AvgIpc) is 3.25. The van der Waals surface area contributed by atoms with Crippen LogP contribution in [0, 0.1) is 5.92 Å². The van der Waals surface area contributed by atoms with Gasteiger partial charge in [-0.15, -0.1) is 11.8 Å². The highest BCUT2D eigenvalue weighted by atomic mass is 35.5. The number of aliphatic imine (C=N–C) groups is 1. The van der Waals surface area contributed by atoms with Gasteiger partial charge in [0.05, 0.1) is 39.4 Å². The van der Waals surface area contributed by atoms with Gasteiger partial charge in [-0.2, -0.15) is 4.98 Å². The Morgan fingerprint density at radius 3 is 2.85 bits per heavy atom. The van der Waals surface area contributed by atoms with Crippen molar-refractivity contribution in [3.8, 4) is 0 Å². The number of nitrogens with zero attached hydrogens (tertiary/aromatic N) is 4. The molecule has 2 N–H and O–H groups in total. The number of hydrogen-bond donors (Lipinski definition) is 2. The van der Waals surface area contributed by atoms with Crippen molar-refractivity contribution in [2.75, 3.05) is 41.4 Å². The predicted octanol–water partition coefficient (Wildman–Crippen LogP) is 3.86. The first kappa shape index (κ1) is 23.3. The molecular weight excluding hydrogens is 478 g/mol. The summed E-state index contributed by atoms with van der Waals surface area (Å²) < 4.78 is 12.6. The zero-order valence-electron chi connectivity index (χ0n) is 18.8. The van der Waals surface area contributed by atoms with Gasteiger partial charge in [-0.25, -0.2) is 9.98 Å². The summed E-state index contributed by atoms with van der Waals surface area (Å²) in [4.78, 5) is 17.4. The van der Waals surface area contributed by atoms with Gasteiger partial charge in [0.1, 0.15) is 10.7 Å². The Kier molecular flexibility index (Phi) is 6.84. The van der Waals surface area contributed by atoms with E-state index in [0.29, 0.717) is 29.9 Å². The highest BCUT2D eigenvalue weighted by molar-refractivity contribution is 8.14. The molecule has 2 fully saturated rings. The molecule has 1 aromatic heterocycles. The number of rotatable bonds is 7. The fraction of sp³-hybridized carbons (Fsp3) is 0.609. The lowest BCUT2D eigenvalue weighted by molar-refractivity contribution is 0.265. The highest BCUT2D eigenvalue weighted by Gasteiger charge is 2.44. The molecule has 4 aliphatic rings. The minimum atomic E-state index is -1.07. The Hall–Kier alpha value is -1.42. The van der Waals surface area contributed by atoms with Crippen LogP contribution in [0.5, 0.6) is 0 Å². The lowest BCUT2D eigenvalue weighted by Crippen LogP contribution is -2.37. The molecule has 1 saturated heterocycles. The Morgan fingerprint density at radius 1 is 1.36 bits per heavy atom. The Morgan fingerprint density at radius 2 is 2.15 bits per heavy atom. The van der Waals surface area contributed by atoms with E-state index < -0.39 is 10.8 Å². The summed E-state index contributed by atoms with van der Waals surface area (Å²) >= 11 is 8.07. The number of aryl methyl sites for hydroxylation is 1. The van der Waals surface area contributed by atoms with Crippen LogP contribution >= 0.6 is 23.4 Å². The second kappa shape index (κ2) is 9.68. The first-order valence-corrected chi connectivity index (χ1v) is 14.4. The Balaban J connectivity index is 1.29. The number of aromatic nitrogens is 2. The van der Waals surface area contributed by atoms with Gasteiger partial charge in [0.25, 0.3) is 0 Å². The van der Waals surface area contributed by atoms with E-state index in [0.717, 1.165) is 72.3 Å². The van der Waals surface area contributed by atoms with Gasteiger partial charge < -0.3 is 15.3 Å². The van der Waals surface area contributed by atoms with E-state index in [1.807, 2.05) is 23.9 Å². The van der Waals surface area contributed by atoms with Crippen molar-refractivity contribution >= 4 is 51.0 Å². The minimum absolute atomic E-state index is 0.0643. The summed E-state index contributed by atoms with van der Waals surface area (Å²) in [6.45, 7) is 3.87. The molecule has 1 aliphatic carbocycles. The molecule has 0 spiro atoms. The summed E-state index contributed by atoms with van der Waals surface area (Å²) in [7, 11) is -1.07. The SMILES string of the molecule is CC/C=C(Cl)\C=C1/CSC(C2CCN(c3nc4c(c(NC5(CO)CC5)n3)S(=O)CC4)CC2)=N1. The molecule has 0 bridgehead atoms. The summed E-state index contributed by atoms with van der Waals surface area (Å²) in [6, 6.07) is 0. The number of allylic oxidation sites excluding steroid dienone is 3. The number of aliphatic hydroxyl groups is 1. The molecule has 5 rings (SSSR count). The molecule has 3 aliphatic heterocycles. The molecule has 10 heteroatoms. The molecule has 1 aromatic rings. The number of nitrogens with one attached hydrogen (secondary N) is 1. The third-order valence-corrected chi connectivity index (χ3v) is 9.55. The largest absolute Gasteiger partial charge is 0.394 e. The van der Waals surface area contributed by atoms with Crippen LogP contribution in [0.15, 0.2) is 32.8 Å². The third-order valence-electron chi connectivity index (χ3n) is 6.67. The van der Waals surface area contributed by atoms with E-state index in [4.69, 9.17) is 26.6 Å². The van der Waals surface area contributed by atoms with Gasteiger partial charge >= 0.3 is 0 Å². The summed E-state index contributed by atoms with van der Waals surface area (Å²) in [5.41, 5.74) is 1.63. The predicted molar refractivity (Wildman–Crippen MR) is 137 cm³/mol. The van der Waals surface area contributed by atoms with Gasteiger partial charge in [-0.05, 0) is 38.2 Å². The standard InChI is InChI=1S/C23H30ClN5O2S2/c1-2-3-16(24)12-17-13-32-21(25-17)15-4-9-29(10-5-15)22-26-18-6-11-33(31)19(18)20(27-22)28-23(14-30)7-8-23/h3,12,15,30H,2,4-11,13-14H2,1H3,(H,26,27,28)/b16-3+,17-12+. The average molecular weight is 508 g/mol. The van der Waals surface area contributed by atoms with Crippen molar-refractivity contribution in [2.45, 2.75) is 55.9 Å². The summed E-state index contributed by atoms with van der Waals surface area (Å²) in [6.07, 6.45) is 9.45. The maximum absolute atomic E-state index is 12.6. The van der Waals surface area contributed by atoms with E-state index in [1.54, 1.807) is 0 Å². The highest BCUT2D eigenvalue weighted by Crippen LogP contribution is 2.41. The zero-order chi connectivity index (χ0) is 23.0. The normalized spacial score (nSPS) is 26.0. The van der Waals surface area contributed by atoms with Crippen molar-refractivity contribution < 1.29 is 9.32 Å². The van der Waals surface area contributed by atoms with Crippen LogP contribution in [-0.4, -0.2) is 61.1 Å². The molecule has 1 unspecified atom stereocenters. The second-order valence-electron chi connectivity index (χ2n) is 9.14. The van der Waals surface area contributed by atoms with E-state index >= 15 is 0 Å². The molecule has 0 radical (unpaired) electrons. The van der Waals surface area contributed by atoms with Crippen LogP contribution in [-0.2, 0) is 17.2 Å². The van der Waals surface area contributed by atoms with Crippen molar-refractivity contribution in [2.24, 2.45) is 10.9 Å². The first-order chi connectivity index (χ1) is 16.0. The van der Waals surface area contributed by atoms with Crippen LogP contribution in [0.3, 0.4) is 0 Å². The van der Waals surface area contributed by atoms with Gasteiger partial charge in [-0.1, -0.05) is 24.6 Å². The third kappa shape index (κ3) is 5.01. The topological polar surface area (TPSA) is 90.7 Å². The molecule has 7 nitrogen and oxygen atoms in total. The fourth-order valence-corrected chi connectivity index (χ4v) is 7.19. The van der Waals surface area contributed by atoms with Crippen molar-refractivity contribution in [3.63, 3.8) is 0 Å². The number of thioether (sulfide) groups is 1. The Bertz CT molecular complexity index is 1050. The quantitative estimate of drug-likeness (QED) is 0.579. The number of aliphatic hydroxyl groups excluding tert-OH is 1. The van der Waals surface area contributed by atoms with Crippen LogP contribution in [0.25, 0.3) is 0 Å². The Labute approximate surface area is 206 Å². The van der Waals surface area contributed by atoms with E-state index in [1.165, 1.54) is 5.04 Å². The van der Waals surface area contributed by atoms with E-state index in [-0.39, 0.29) is 12.1 Å². The molecule has 0 amide bonds. The minimum Gasteiger partial charge on any atom is -0.394 e. The number of anilines is 2. The lowest BCUT2D eigenvalue weighted by Gasteiger charge is -2.32. The zero-order valence-corrected chi connectivity index (χ0v) is 21.2. The van der Waals surface area contributed by atoms with Crippen LogP contribution < -0.4 is 10.2 Å². The van der Waals surface area contributed by atoms with Crippen molar-refractivity contribution in [1.82, 2.24) is 9.97 Å². The monoisotopic (exact) mass is 507 g/mol.